The number of likely N-dealkylation sites (tertiary alicyclic amines) is 1. The molecule has 9 heteroatoms. The van der Waals surface area contributed by atoms with Crippen molar-refractivity contribution < 1.29 is 13.2 Å². The zero-order valence-electron chi connectivity index (χ0n) is 15.7. The van der Waals surface area contributed by atoms with E-state index in [1.54, 1.807) is 30.5 Å². The lowest BCUT2D eigenvalue weighted by Crippen LogP contribution is -2.50. The number of carbonyl (C=O) groups excluding carboxylic acids is 1. The number of sulfone groups is 1. The van der Waals surface area contributed by atoms with E-state index < -0.39 is 15.9 Å². The van der Waals surface area contributed by atoms with Gasteiger partial charge in [0.25, 0.3) is 5.91 Å². The molecule has 2 aliphatic rings. The Labute approximate surface area is 163 Å². The summed E-state index contributed by atoms with van der Waals surface area (Å²) in [6, 6.07) is 6.16. The fourth-order valence-corrected chi connectivity index (χ4v) is 6.14. The van der Waals surface area contributed by atoms with E-state index in [2.05, 4.69) is 15.2 Å². The average Bonchev–Trinajstić information content (AvgIpc) is 3.35. The van der Waals surface area contributed by atoms with Gasteiger partial charge in [0.05, 0.1) is 23.2 Å². The zero-order chi connectivity index (χ0) is 19.9. The Kier molecular flexibility index (Phi) is 4.88. The first-order chi connectivity index (χ1) is 13.3. The number of imidazole rings is 1. The van der Waals surface area contributed by atoms with Crippen LogP contribution in [-0.4, -0.2) is 65.5 Å². The summed E-state index contributed by atoms with van der Waals surface area (Å²) in [7, 11) is -3.15. The van der Waals surface area contributed by atoms with Crippen LogP contribution in [0, 0.1) is 6.92 Å². The second kappa shape index (κ2) is 7.21. The number of nitrogens with zero attached hydrogens (tertiary/aromatic N) is 2. The van der Waals surface area contributed by atoms with Crippen LogP contribution in [0.4, 0.5) is 0 Å². The molecular weight excluding hydrogens is 380 g/mol. The van der Waals surface area contributed by atoms with Gasteiger partial charge in [-0.1, -0.05) is 0 Å². The lowest BCUT2D eigenvalue weighted by molar-refractivity contribution is 0.0918. The minimum Gasteiger partial charge on any atom is -0.347 e. The number of hydrogen-bond donors (Lipinski definition) is 2. The van der Waals surface area contributed by atoms with Crippen molar-refractivity contribution in [1.29, 1.82) is 0 Å². The summed E-state index contributed by atoms with van der Waals surface area (Å²) in [6.45, 7) is 3.58. The van der Waals surface area contributed by atoms with Gasteiger partial charge in [-0.2, -0.15) is 0 Å². The van der Waals surface area contributed by atoms with Crippen LogP contribution in [0.3, 0.4) is 0 Å². The highest BCUT2D eigenvalue weighted by Crippen LogP contribution is 2.23. The molecule has 28 heavy (non-hydrogen) atoms. The average molecular weight is 404 g/mol. The summed E-state index contributed by atoms with van der Waals surface area (Å²) < 4.78 is 25.8. The molecular formula is C19H24N4O4S. The zero-order valence-corrected chi connectivity index (χ0v) is 16.5. The number of carbonyl (C=O) groups is 1. The normalized spacial score (nSPS) is 24.5. The van der Waals surface area contributed by atoms with E-state index in [4.69, 9.17) is 0 Å². The first kappa shape index (κ1) is 18.9. The number of nitrogens with one attached hydrogen (secondary N) is 2. The number of amides is 1. The number of hydrogen-bond acceptors (Lipinski definition) is 5. The number of aromatic nitrogens is 2. The molecule has 8 nitrogen and oxygen atoms in total. The highest BCUT2D eigenvalue weighted by molar-refractivity contribution is 7.91. The van der Waals surface area contributed by atoms with Crippen LogP contribution in [0.5, 0.6) is 0 Å². The van der Waals surface area contributed by atoms with Gasteiger partial charge in [-0.25, -0.2) is 13.2 Å². The van der Waals surface area contributed by atoms with Crippen molar-refractivity contribution in [2.45, 2.75) is 31.8 Å². The Balaban J connectivity index is 1.50. The second-order valence-electron chi connectivity index (χ2n) is 7.58. The quantitative estimate of drug-likeness (QED) is 0.771. The van der Waals surface area contributed by atoms with E-state index in [1.165, 1.54) is 4.57 Å². The summed E-state index contributed by atoms with van der Waals surface area (Å²) in [4.78, 5) is 29.4. The van der Waals surface area contributed by atoms with Crippen LogP contribution in [-0.2, 0) is 9.84 Å². The van der Waals surface area contributed by atoms with Crippen LogP contribution in [0.2, 0.25) is 0 Å². The summed E-state index contributed by atoms with van der Waals surface area (Å²) in [5.41, 5.74) is 1.64. The van der Waals surface area contributed by atoms with Gasteiger partial charge in [-0.3, -0.25) is 14.3 Å². The summed E-state index contributed by atoms with van der Waals surface area (Å²) in [6.07, 6.45) is 3.76. The van der Waals surface area contributed by atoms with Crippen molar-refractivity contribution in [3.05, 3.63) is 52.2 Å². The smallest absolute Gasteiger partial charge is 0.330 e. The Hall–Kier alpha value is -2.39. The van der Waals surface area contributed by atoms with Crippen molar-refractivity contribution in [3.63, 3.8) is 0 Å². The largest absolute Gasteiger partial charge is 0.347 e. The van der Waals surface area contributed by atoms with Gasteiger partial charge in [0.2, 0.25) is 0 Å². The van der Waals surface area contributed by atoms with Crippen molar-refractivity contribution in [1.82, 2.24) is 19.8 Å². The van der Waals surface area contributed by atoms with Crippen molar-refractivity contribution in [2.75, 3.05) is 24.6 Å². The predicted molar refractivity (Wildman–Crippen MR) is 106 cm³/mol. The summed E-state index contributed by atoms with van der Waals surface area (Å²) in [5, 5.41) is 2.92. The van der Waals surface area contributed by atoms with Gasteiger partial charge in [-0.15, -0.1) is 0 Å². The van der Waals surface area contributed by atoms with Crippen LogP contribution < -0.4 is 11.0 Å². The first-order valence-electron chi connectivity index (χ1n) is 9.47. The molecule has 1 aromatic heterocycles. The fourth-order valence-electron chi connectivity index (χ4n) is 4.19. The lowest BCUT2D eigenvalue weighted by Gasteiger charge is -2.28. The molecule has 2 fully saturated rings. The van der Waals surface area contributed by atoms with E-state index in [9.17, 15) is 18.0 Å². The molecule has 0 unspecified atom stereocenters. The molecule has 0 aliphatic carbocycles. The summed E-state index contributed by atoms with van der Waals surface area (Å²) in [5.74, 6) is -0.210. The minimum absolute atomic E-state index is 0.0179. The highest BCUT2D eigenvalue weighted by atomic mass is 32.2. The second-order valence-corrected chi connectivity index (χ2v) is 9.74. The molecule has 4 rings (SSSR count). The van der Waals surface area contributed by atoms with Crippen molar-refractivity contribution in [3.8, 4) is 5.69 Å². The third-order valence-electron chi connectivity index (χ3n) is 5.60. The van der Waals surface area contributed by atoms with E-state index in [0.29, 0.717) is 11.3 Å². The Morgan fingerprint density at radius 1 is 1.14 bits per heavy atom. The molecule has 2 N–H and O–H groups in total. The van der Waals surface area contributed by atoms with Gasteiger partial charge >= 0.3 is 5.69 Å². The number of aromatic amines is 1. The Bertz CT molecular complexity index is 1030. The van der Waals surface area contributed by atoms with Crippen molar-refractivity contribution in [2.24, 2.45) is 0 Å². The number of aryl methyl sites for hydroxylation is 1. The highest BCUT2D eigenvalue weighted by Gasteiger charge is 2.42. The van der Waals surface area contributed by atoms with E-state index in [1.807, 2.05) is 6.92 Å². The van der Waals surface area contributed by atoms with Crippen molar-refractivity contribution >= 4 is 15.7 Å². The molecule has 150 valence electrons. The Morgan fingerprint density at radius 3 is 2.43 bits per heavy atom. The molecule has 0 bridgehead atoms. The molecule has 0 spiro atoms. The molecule has 0 saturated carbocycles. The maximum absolute atomic E-state index is 12.7. The summed E-state index contributed by atoms with van der Waals surface area (Å²) >= 11 is 0. The maximum atomic E-state index is 12.7. The topological polar surface area (TPSA) is 104 Å². The molecule has 2 aliphatic heterocycles. The Morgan fingerprint density at radius 2 is 1.82 bits per heavy atom. The molecule has 1 aromatic carbocycles. The molecule has 2 atom stereocenters. The molecule has 2 saturated heterocycles. The number of benzene rings is 1. The third kappa shape index (κ3) is 3.64. The first-order valence-corrected chi connectivity index (χ1v) is 11.3. The minimum atomic E-state index is -3.15. The van der Waals surface area contributed by atoms with E-state index >= 15 is 0 Å². The number of H-pyrrole nitrogens is 1. The third-order valence-corrected chi connectivity index (χ3v) is 7.31. The standard InChI is InChI=1S/C19H24N4O4S/c1-13-10-20-19(25)23(13)15-6-4-14(5-7-15)18(24)21-16-11-28(26,27)12-17(16)22-8-2-3-9-22/h4-7,10,16-17H,2-3,8-9,11-12H2,1H3,(H,20,25)(H,21,24)/t16-,17-/m0/s1. The fraction of sp³-hybridized carbons (Fsp3) is 0.474. The number of rotatable bonds is 4. The van der Waals surface area contributed by atoms with Gasteiger partial charge in [0, 0.05) is 23.5 Å². The van der Waals surface area contributed by atoms with Crippen LogP contribution in [0.1, 0.15) is 28.9 Å². The van der Waals surface area contributed by atoms with E-state index in [-0.39, 0.29) is 29.1 Å². The van der Waals surface area contributed by atoms with Gasteiger partial charge in [0.15, 0.2) is 9.84 Å². The molecule has 1 amide bonds. The van der Waals surface area contributed by atoms with Crippen LogP contribution in [0.25, 0.3) is 5.69 Å². The van der Waals surface area contributed by atoms with Crippen LogP contribution >= 0.6 is 0 Å². The van der Waals surface area contributed by atoms with E-state index in [0.717, 1.165) is 31.6 Å². The molecule has 2 aromatic rings. The lowest BCUT2D eigenvalue weighted by atomic mass is 10.1. The molecule has 3 heterocycles. The molecule has 0 radical (unpaired) electrons. The van der Waals surface area contributed by atoms with Gasteiger partial charge < -0.3 is 10.3 Å². The monoisotopic (exact) mass is 404 g/mol. The van der Waals surface area contributed by atoms with Gasteiger partial charge in [-0.05, 0) is 57.1 Å². The SMILES string of the molecule is Cc1c[nH]c(=O)n1-c1ccc(C(=O)N[C@H]2CS(=O)(=O)C[C@@H]2N2CCCC2)cc1. The van der Waals surface area contributed by atoms with Crippen LogP contribution in [0.15, 0.2) is 35.3 Å². The van der Waals surface area contributed by atoms with Gasteiger partial charge in [0.1, 0.15) is 0 Å². The maximum Gasteiger partial charge on any atom is 0.330 e. The predicted octanol–water partition coefficient (Wildman–Crippen LogP) is 0.465.